The van der Waals surface area contributed by atoms with Crippen molar-refractivity contribution in [3.63, 3.8) is 0 Å². The van der Waals surface area contributed by atoms with E-state index in [4.69, 9.17) is 11.6 Å². The molecule has 0 saturated carbocycles. The van der Waals surface area contributed by atoms with Gasteiger partial charge in [-0.2, -0.15) is 0 Å². The van der Waals surface area contributed by atoms with Gasteiger partial charge in [0.05, 0.1) is 17.1 Å². The maximum absolute atomic E-state index is 12.8. The van der Waals surface area contributed by atoms with Crippen molar-refractivity contribution in [3.05, 3.63) is 52.0 Å². The summed E-state index contributed by atoms with van der Waals surface area (Å²) in [5.41, 5.74) is 3.52. The van der Waals surface area contributed by atoms with Gasteiger partial charge in [0.15, 0.2) is 0 Å². The van der Waals surface area contributed by atoms with Crippen LogP contribution in [0.5, 0.6) is 0 Å². The quantitative estimate of drug-likeness (QED) is 0.871. The number of fused-ring (bicyclic) bond motifs is 1. The summed E-state index contributed by atoms with van der Waals surface area (Å²) in [6, 6.07) is 8.57. The first-order valence-electron chi connectivity index (χ1n) is 7.55. The Morgan fingerprint density at radius 1 is 1.29 bits per heavy atom. The molecule has 0 bridgehead atoms. The molecule has 0 radical (unpaired) electrons. The number of aryl methyl sites for hydroxylation is 2. The van der Waals surface area contributed by atoms with E-state index in [-0.39, 0.29) is 22.2 Å². The van der Waals surface area contributed by atoms with E-state index in [0.717, 1.165) is 11.1 Å². The molecule has 0 atom stereocenters. The summed E-state index contributed by atoms with van der Waals surface area (Å²) in [5.74, 6) is -0.171. The summed E-state index contributed by atoms with van der Waals surface area (Å²) in [6.07, 6.45) is 0.857. The van der Waals surface area contributed by atoms with Gasteiger partial charge in [0.2, 0.25) is 5.91 Å². The van der Waals surface area contributed by atoms with E-state index in [9.17, 15) is 13.2 Å². The zero-order valence-corrected chi connectivity index (χ0v) is 14.9. The van der Waals surface area contributed by atoms with Crippen molar-refractivity contribution in [3.8, 4) is 0 Å². The lowest BCUT2D eigenvalue weighted by Crippen LogP contribution is -2.16. The van der Waals surface area contributed by atoms with Gasteiger partial charge in [0, 0.05) is 5.69 Å². The normalized spacial score (nSPS) is 13.5. The summed E-state index contributed by atoms with van der Waals surface area (Å²) >= 11 is 6.15. The molecule has 0 saturated heterocycles. The van der Waals surface area contributed by atoms with Gasteiger partial charge in [0.25, 0.3) is 10.0 Å². The average molecular weight is 365 g/mol. The zero-order chi connectivity index (χ0) is 17.5. The van der Waals surface area contributed by atoms with Gasteiger partial charge in [-0.3, -0.25) is 9.52 Å². The number of sulfonamides is 1. The summed E-state index contributed by atoms with van der Waals surface area (Å²) in [4.78, 5) is 11.4. The maximum atomic E-state index is 12.8. The Kier molecular flexibility index (Phi) is 4.27. The van der Waals surface area contributed by atoms with Gasteiger partial charge in [-0.25, -0.2) is 8.42 Å². The Balaban J connectivity index is 2.04. The number of halogens is 1. The van der Waals surface area contributed by atoms with Gasteiger partial charge >= 0.3 is 0 Å². The molecule has 7 heteroatoms. The van der Waals surface area contributed by atoms with Crippen LogP contribution in [0.25, 0.3) is 0 Å². The van der Waals surface area contributed by atoms with Crippen molar-refractivity contribution < 1.29 is 13.2 Å². The van der Waals surface area contributed by atoms with Gasteiger partial charge in [-0.05, 0) is 42.2 Å². The maximum Gasteiger partial charge on any atom is 0.263 e. The van der Waals surface area contributed by atoms with Crippen molar-refractivity contribution in [1.82, 2.24) is 0 Å². The lowest BCUT2D eigenvalue weighted by molar-refractivity contribution is -0.115. The third-order valence-electron chi connectivity index (χ3n) is 4.05. The number of rotatable bonds is 4. The molecule has 5 nitrogen and oxygen atoms in total. The van der Waals surface area contributed by atoms with Crippen LogP contribution < -0.4 is 10.0 Å². The topological polar surface area (TPSA) is 75.3 Å². The molecule has 0 fully saturated rings. The summed E-state index contributed by atoms with van der Waals surface area (Å²) in [7, 11) is -3.86. The second-order valence-corrected chi connectivity index (χ2v) is 7.79. The molecule has 3 rings (SSSR count). The van der Waals surface area contributed by atoms with Gasteiger partial charge in [0.1, 0.15) is 4.90 Å². The fraction of sp³-hybridized carbons (Fsp3) is 0.235. The highest BCUT2D eigenvalue weighted by Gasteiger charge is 2.26. The van der Waals surface area contributed by atoms with Crippen LogP contribution in [0.4, 0.5) is 11.4 Å². The van der Waals surface area contributed by atoms with Gasteiger partial charge in [-0.15, -0.1) is 0 Å². The van der Waals surface area contributed by atoms with Gasteiger partial charge in [-0.1, -0.05) is 36.7 Å². The Hall–Kier alpha value is -2.05. The van der Waals surface area contributed by atoms with Crippen molar-refractivity contribution in [2.24, 2.45) is 0 Å². The first kappa shape index (κ1) is 16.8. The molecule has 2 N–H and O–H groups in total. The zero-order valence-electron chi connectivity index (χ0n) is 13.3. The standard InChI is InChI=1S/C17H17ClN2O3S/c1-3-11-6-4-5-10(2)17(11)20-24(22,23)15-7-12-8-16(21)19-14(12)9-13(15)18/h4-7,9,20H,3,8H2,1-2H3,(H,19,21). The Morgan fingerprint density at radius 2 is 2.04 bits per heavy atom. The van der Waals surface area contributed by atoms with Crippen molar-refractivity contribution in [1.29, 1.82) is 0 Å². The molecule has 126 valence electrons. The van der Waals surface area contributed by atoms with E-state index >= 15 is 0 Å². The van der Waals surface area contributed by atoms with Crippen LogP contribution in [-0.4, -0.2) is 14.3 Å². The number of nitrogens with one attached hydrogen (secondary N) is 2. The number of carbonyl (C=O) groups is 1. The first-order valence-corrected chi connectivity index (χ1v) is 9.41. The largest absolute Gasteiger partial charge is 0.325 e. The smallest absolute Gasteiger partial charge is 0.263 e. The minimum atomic E-state index is -3.86. The Labute approximate surface area is 146 Å². The molecular weight excluding hydrogens is 348 g/mol. The van der Waals surface area contributed by atoms with Crippen LogP contribution in [0.15, 0.2) is 35.2 Å². The minimum absolute atomic E-state index is 0.0234. The molecule has 0 unspecified atom stereocenters. The average Bonchev–Trinajstić information content (AvgIpc) is 2.87. The Morgan fingerprint density at radius 3 is 2.75 bits per heavy atom. The molecule has 1 aliphatic heterocycles. The number of anilines is 2. The van der Waals surface area contributed by atoms with Crippen LogP contribution in [0.1, 0.15) is 23.6 Å². The van der Waals surface area contributed by atoms with E-state index in [1.165, 1.54) is 12.1 Å². The number of benzene rings is 2. The van der Waals surface area contributed by atoms with E-state index in [0.29, 0.717) is 23.4 Å². The third-order valence-corrected chi connectivity index (χ3v) is 5.86. The summed E-state index contributed by atoms with van der Waals surface area (Å²) in [5, 5.41) is 2.73. The summed E-state index contributed by atoms with van der Waals surface area (Å²) in [6.45, 7) is 3.82. The van der Waals surface area contributed by atoms with E-state index in [2.05, 4.69) is 10.0 Å². The SMILES string of the molecule is CCc1cccc(C)c1NS(=O)(=O)c1cc2c(cc1Cl)NC(=O)C2. The van der Waals surface area contributed by atoms with Crippen LogP contribution >= 0.6 is 11.6 Å². The molecule has 0 spiro atoms. The second-order valence-electron chi connectivity index (χ2n) is 5.73. The highest BCUT2D eigenvalue weighted by atomic mass is 35.5. The van der Waals surface area contributed by atoms with Crippen LogP contribution in [0.2, 0.25) is 5.02 Å². The predicted octanol–water partition coefficient (Wildman–Crippen LogP) is 3.51. The van der Waals surface area contributed by atoms with E-state index < -0.39 is 10.0 Å². The first-order chi connectivity index (χ1) is 11.3. The number of para-hydroxylation sites is 1. The lowest BCUT2D eigenvalue weighted by atomic mass is 10.1. The van der Waals surface area contributed by atoms with E-state index in [1.807, 2.05) is 32.0 Å². The van der Waals surface area contributed by atoms with Crippen LogP contribution in [-0.2, 0) is 27.7 Å². The summed E-state index contributed by atoms with van der Waals surface area (Å²) < 4.78 is 28.3. The van der Waals surface area contributed by atoms with Crippen LogP contribution in [0.3, 0.4) is 0 Å². The number of hydrogen-bond donors (Lipinski definition) is 2. The van der Waals surface area contributed by atoms with Crippen molar-refractivity contribution >= 4 is 38.9 Å². The molecule has 0 aliphatic carbocycles. The van der Waals surface area contributed by atoms with Crippen molar-refractivity contribution in [2.45, 2.75) is 31.6 Å². The fourth-order valence-electron chi connectivity index (χ4n) is 2.79. The third kappa shape index (κ3) is 2.99. The second kappa shape index (κ2) is 6.11. The molecule has 24 heavy (non-hydrogen) atoms. The lowest BCUT2D eigenvalue weighted by Gasteiger charge is -2.15. The Bertz CT molecular complexity index is 939. The molecule has 2 aromatic carbocycles. The van der Waals surface area contributed by atoms with Crippen molar-refractivity contribution in [2.75, 3.05) is 10.0 Å². The molecule has 1 heterocycles. The monoisotopic (exact) mass is 364 g/mol. The van der Waals surface area contributed by atoms with E-state index in [1.54, 1.807) is 0 Å². The molecular formula is C17H17ClN2O3S. The highest BCUT2D eigenvalue weighted by Crippen LogP contribution is 2.34. The molecule has 2 aromatic rings. The fourth-order valence-corrected chi connectivity index (χ4v) is 4.54. The molecule has 1 amide bonds. The van der Waals surface area contributed by atoms with Crippen LogP contribution in [0, 0.1) is 6.92 Å². The minimum Gasteiger partial charge on any atom is -0.325 e. The number of amides is 1. The predicted molar refractivity (Wildman–Crippen MR) is 95.2 cm³/mol. The highest BCUT2D eigenvalue weighted by molar-refractivity contribution is 7.92. The number of hydrogen-bond acceptors (Lipinski definition) is 3. The molecule has 1 aliphatic rings. The van der Waals surface area contributed by atoms with Gasteiger partial charge < -0.3 is 5.32 Å². The number of carbonyl (C=O) groups excluding carboxylic acids is 1. The molecule has 0 aromatic heterocycles.